The molecule has 0 amide bonds. The first kappa shape index (κ1) is 12.7. The van der Waals surface area contributed by atoms with Gasteiger partial charge in [0.2, 0.25) is 5.89 Å². The first-order valence-corrected chi connectivity index (χ1v) is 6.80. The molecule has 2 heterocycles. The van der Waals surface area contributed by atoms with Gasteiger partial charge < -0.3 is 9.52 Å². The van der Waals surface area contributed by atoms with Crippen molar-refractivity contribution in [2.75, 3.05) is 0 Å². The Bertz CT molecular complexity index is 791. The number of benzene rings is 1. The minimum atomic E-state index is -1.03. The van der Waals surface area contributed by atoms with E-state index in [0.29, 0.717) is 17.0 Å². The summed E-state index contributed by atoms with van der Waals surface area (Å²) in [5.41, 5.74) is 1.72. The molecule has 0 radical (unpaired) electrons. The molecule has 7 heteroatoms. The van der Waals surface area contributed by atoms with Crippen LogP contribution in [0, 0.1) is 0 Å². The van der Waals surface area contributed by atoms with Crippen molar-refractivity contribution in [3.8, 4) is 10.8 Å². The van der Waals surface area contributed by atoms with Gasteiger partial charge in [0.25, 0.3) is 0 Å². The number of carboxylic acids is 1. The number of aromatic nitrogens is 3. The summed E-state index contributed by atoms with van der Waals surface area (Å²) in [6.45, 7) is 4.01. The quantitative estimate of drug-likeness (QED) is 0.796. The van der Waals surface area contributed by atoms with Crippen LogP contribution in [0.5, 0.6) is 0 Å². The summed E-state index contributed by atoms with van der Waals surface area (Å²) < 4.78 is 9.57. The molecule has 0 atom stereocenters. The van der Waals surface area contributed by atoms with Crippen LogP contribution in [0.2, 0.25) is 0 Å². The first-order valence-electron chi connectivity index (χ1n) is 6.03. The maximum absolute atomic E-state index is 11.2. The van der Waals surface area contributed by atoms with Crippen molar-refractivity contribution in [3.63, 3.8) is 0 Å². The molecular weight excluding hydrogens is 278 g/mol. The van der Waals surface area contributed by atoms with E-state index in [1.54, 1.807) is 12.1 Å². The summed E-state index contributed by atoms with van der Waals surface area (Å²) in [5, 5.41) is 13.2. The van der Waals surface area contributed by atoms with E-state index >= 15 is 0 Å². The van der Waals surface area contributed by atoms with Crippen LogP contribution < -0.4 is 0 Å². The van der Waals surface area contributed by atoms with E-state index in [1.807, 2.05) is 13.8 Å². The highest BCUT2D eigenvalue weighted by Gasteiger charge is 2.21. The average Bonchev–Trinajstić information content (AvgIpc) is 3.03. The molecule has 1 N–H and O–H groups in total. The lowest BCUT2D eigenvalue weighted by molar-refractivity contribution is 0.0699. The summed E-state index contributed by atoms with van der Waals surface area (Å²) in [4.78, 5) is 16.2. The third kappa shape index (κ3) is 1.96. The maximum Gasteiger partial charge on any atom is 0.338 e. The predicted molar refractivity (Wildman–Crippen MR) is 74.0 cm³/mol. The van der Waals surface area contributed by atoms with Gasteiger partial charge in [0.1, 0.15) is 10.4 Å². The molecule has 0 aliphatic heterocycles. The number of hydrogen-bond acceptors (Lipinski definition) is 6. The summed E-state index contributed by atoms with van der Waals surface area (Å²) in [6, 6.07) is 4.84. The number of para-hydroxylation sites is 1. The molecule has 0 saturated carbocycles. The van der Waals surface area contributed by atoms with Crippen LogP contribution in [0.15, 0.2) is 22.6 Å². The third-order valence-electron chi connectivity index (χ3n) is 2.90. The van der Waals surface area contributed by atoms with Crippen LogP contribution in [0.4, 0.5) is 0 Å². The van der Waals surface area contributed by atoms with Crippen LogP contribution in [-0.4, -0.2) is 25.6 Å². The largest absolute Gasteiger partial charge is 0.478 e. The number of oxazole rings is 1. The maximum atomic E-state index is 11.2. The smallest absolute Gasteiger partial charge is 0.338 e. The van der Waals surface area contributed by atoms with Gasteiger partial charge in [-0.05, 0) is 29.6 Å². The lowest BCUT2D eigenvalue weighted by Crippen LogP contribution is -1.96. The van der Waals surface area contributed by atoms with Gasteiger partial charge in [-0.15, -0.1) is 5.10 Å². The van der Waals surface area contributed by atoms with Gasteiger partial charge in [-0.1, -0.05) is 24.4 Å². The average molecular weight is 289 g/mol. The standard InChI is InChI=1S/C13H11N3O3S/c1-6(2)9-11(20-16-15-9)12-14-10-7(13(17)18)4-3-5-8(10)19-12/h3-6H,1-2H3,(H,17,18). The normalized spacial score (nSPS) is 11.3. The number of hydrogen-bond donors (Lipinski definition) is 1. The number of carboxylic acid groups (broad SMARTS) is 1. The number of rotatable bonds is 3. The minimum Gasteiger partial charge on any atom is -0.478 e. The van der Waals surface area contributed by atoms with Crippen molar-refractivity contribution in [1.82, 2.24) is 14.6 Å². The van der Waals surface area contributed by atoms with E-state index in [9.17, 15) is 4.79 Å². The van der Waals surface area contributed by atoms with Crippen LogP contribution in [0.3, 0.4) is 0 Å². The summed E-state index contributed by atoms with van der Waals surface area (Å²) >= 11 is 1.20. The van der Waals surface area contributed by atoms with Crippen LogP contribution in [0.25, 0.3) is 21.9 Å². The lowest BCUT2D eigenvalue weighted by Gasteiger charge is -1.99. The molecule has 0 saturated heterocycles. The highest BCUT2D eigenvalue weighted by atomic mass is 32.1. The molecule has 0 aliphatic carbocycles. The Morgan fingerprint density at radius 3 is 2.90 bits per heavy atom. The fourth-order valence-electron chi connectivity index (χ4n) is 1.94. The molecule has 0 aliphatic rings. The SMILES string of the molecule is CC(C)c1nnsc1-c1nc2c(C(=O)O)cccc2o1. The molecule has 0 spiro atoms. The zero-order valence-corrected chi connectivity index (χ0v) is 11.6. The van der Waals surface area contributed by atoms with Gasteiger partial charge in [0.05, 0.1) is 11.3 Å². The molecule has 0 fully saturated rings. The monoisotopic (exact) mass is 289 g/mol. The zero-order chi connectivity index (χ0) is 14.3. The van der Waals surface area contributed by atoms with E-state index in [0.717, 1.165) is 10.6 Å². The van der Waals surface area contributed by atoms with E-state index in [1.165, 1.54) is 17.6 Å². The first-order chi connectivity index (χ1) is 9.58. The van der Waals surface area contributed by atoms with E-state index in [2.05, 4.69) is 14.6 Å². The van der Waals surface area contributed by atoms with Gasteiger partial charge >= 0.3 is 5.97 Å². The molecule has 0 bridgehead atoms. The van der Waals surface area contributed by atoms with Crippen LogP contribution in [-0.2, 0) is 0 Å². The van der Waals surface area contributed by atoms with Gasteiger partial charge in [0, 0.05) is 0 Å². The van der Waals surface area contributed by atoms with Crippen LogP contribution in [0.1, 0.15) is 35.8 Å². The summed E-state index contributed by atoms with van der Waals surface area (Å²) in [5.74, 6) is -0.466. The molecule has 1 aromatic carbocycles. The Morgan fingerprint density at radius 1 is 1.40 bits per heavy atom. The minimum absolute atomic E-state index is 0.126. The van der Waals surface area contributed by atoms with Gasteiger partial charge in [0.15, 0.2) is 5.58 Å². The van der Waals surface area contributed by atoms with Crippen molar-refractivity contribution in [1.29, 1.82) is 0 Å². The Morgan fingerprint density at radius 2 is 2.20 bits per heavy atom. The number of carbonyl (C=O) groups is 1. The van der Waals surface area contributed by atoms with Crippen molar-refractivity contribution in [2.24, 2.45) is 0 Å². The summed E-state index contributed by atoms with van der Waals surface area (Å²) in [7, 11) is 0. The molecule has 3 aromatic rings. The van der Waals surface area contributed by atoms with Gasteiger partial charge in [-0.25, -0.2) is 9.78 Å². The highest BCUT2D eigenvalue weighted by molar-refractivity contribution is 7.09. The van der Waals surface area contributed by atoms with Gasteiger partial charge in [-0.3, -0.25) is 0 Å². The second-order valence-corrected chi connectivity index (χ2v) is 5.37. The Labute approximate surface area is 118 Å². The number of nitrogens with zero attached hydrogens (tertiary/aromatic N) is 3. The van der Waals surface area contributed by atoms with Crippen molar-refractivity contribution in [3.05, 3.63) is 29.5 Å². The fraction of sp³-hybridized carbons (Fsp3) is 0.231. The number of fused-ring (bicyclic) bond motifs is 1. The summed E-state index contributed by atoms with van der Waals surface area (Å²) in [6.07, 6.45) is 0. The zero-order valence-electron chi connectivity index (χ0n) is 10.8. The van der Waals surface area contributed by atoms with Crippen LogP contribution >= 0.6 is 11.5 Å². The molecule has 102 valence electrons. The molecule has 3 rings (SSSR count). The Balaban J connectivity index is 2.21. The Kier molecular flexibility index (Phi) is 2.98. The molecule has 2 aromatic heterocycles. The van der Waals surface area contributed by atoms with E-state index in [-0.39, 0.29) is 11.5 Å². The predicted octanol–water partition coefficient (Wildman–Crippen LogP) is 3.17. The second-order valence-electron chi connectivity index (χ2n) is 4.62. The topological polar surface area (TPSA) is 89.1 Å². The molecule has 20 heavy (non-hydrogen) atoms. The van der Waals surface area contributed by atoms with Gasteiger partial charge in [-0.2, -0.15) is 0 Å². The molecular formula is C13H11N3O3S. The second kappa shape index (κ2) is 4.68. The van der Waals surface area contributed by atoms with Crippen molar-refractivity contribution in [2.45, 2.75) is 19.8 Å². The number of aromatic carboxylic acids is 1. The third-order valence-corrected chi connectivity index (χ3v) is 3.63. The van der Waals surface area contributed by atoms with E-state index < -0.39 is 5.97 Å². The molecule has 6 nitrogen and oxygen atoms in total. The van der Waals surface area contributed by atoms with Crippen molar-refractivity contribution >= 4 is 28.6 Å². The highest BCUT2D eigenvalue weighted by Crippen LogP contribution is 2.33. The van der Waals surface area contributed by atoms with Crippen molar-refractivity contribution < 1.29 is 14.3 Å². The molecule has 0 unspecified atom stereocenters. The van der Waals surface area contributed by atoms with E-state index in [4.69, 9.17) is 9.52 Å². The lowest BCUT2D eigenvalue weighted by atomic mass is 10.1. The Hall–Kier alpha value is -2.28. The fourth-order valence-corrected chi connectivity index (χ4v) is 2.69.